The van der Waals surface area contributed by atoms with Gasteiger partial charge in [-0.2, -0.15) is 4.39 Å². The molecule has 6 heteroatoms. The predicted octanol–water partition coefficient (Wildman–Crippen LogP) is 7.56. The van der Waals surface area contributed by atoms with Gasteiger partial charge in [0.1, 0.15) is 0 Å². The van der Waals surface area contributed by atoms with E-state index in [2.05, 4.69) is 40.7 Å². The van der Waals surface area contributed by atoms with Gasteiger partial charge in [-0.1, -0.05) is 52.7 Å². The lowest BCUT2D eigenvalue weighted by Crippen LogP contribution is -2.48. The predicted molar refractivity (Wildman–Crippen MR) is 132 cm³/mol. The van der Waals surface area contributed by atoms with Gasteiger partial charge in [0.2, 0.25) is 15.0 Å². The molecule has 2 rings (SSSR count). The lowest BCUT2D eigenvalue weighted by molar-refractivity contribution is 0.0177. The number of hydrogen-bond acceptors (Lipinski definition) is 3. The Morgan fingerprint density at radius 1 is 1.29 bits per heavy atom. The normalized spacial score (nSPS) is 28.9. The molecule has 0 heterocycles. The minimum Gasteiger partial charge on any atom is -0.414 e. The van der Waals surface area contributed by atoms with Gasteiger partial charge in [0.15, 0.2) is 8.32 Å². The first-order valence-electron chi connectivity index (χ1n) is 12.3. The Morgan fingerprint density at radius 3 is 2.39 bits per heavy atom. The van der Waals surface area contributed by atoms with E-state index in [4.69, 9.17) is 4.43 Å². The molecule has 1 fully saturated rings. The molecule has 0 spiro atoms. The van der Waals surface area contributed by atoms with Gasteiger partial charge in [0.05, 0.1) is 4.75 Å². The maximum absolute atomic E-state index is 14.6. The third-order valence-corrected chi connectivity index (χ3v) is 15.2. The monoisotopic (exact) mass is 472 g/mol. The second-order valence-corrected chi connectivity index (χ2v) is 18.3. The highest BCUT2D eigenvalue weighted by atomic mass is 32.2. The third kappa shape index (κ3) is 5.21. The molecule has 0 N–H and O–H groups in total. The maximum atomic E-state index is 14.6. The Hall–Kier alpha value is -0.463. The number of allylic oxidation sites excluding steroid dienone is 3. The van der Waals surface area contributed by atoms with Crippen LogP contribution in [0.5, 0.6) is 0 Å². The highest BCUT2D eigenvalue weighted by Gasteiger charge is 2.50. The summed E-state index contributed by atoms with van der Waals surface area (Å²) >= 11 is 0. The molecule has 0 bridgehead atoms. The molecule has 2 aliphatic carbocycles. The van der Waals surface area contributed by atoms with Crippen LogP contribution in [0.25, 0.3) is 0 Å². The number of rotatable bonds is 9. The fourth-order valence-corrected chi connectivity index (χ4v) is 9.57. The van der Waals surface area contributed by atoms with Crippen molar-refractivity contribution in [3.8, 4) is 0 Å². The van der Waals surface area contributed by atoms with Crippen LogP contribution >= 0.6 is 0 Å². The summed E-state index contributed by atoms with van der Waals surface area (Å²) in [7, 11) is -5.58. The van der Waals surface area contributed by atoms with Crippen molar-refractivity contribution >= 4 is 18.2 Å². The smallest absolute Gasteiger partial charge is 0.211 e. The van der Waals surface area contributed by atoms with Crippen molar-refractivity contribution in [3.63, 3.8) is 0 Å². The topological polar surface area (TPSA) is 43.4 Å². The largest absolute Gasteiger partial charge is 0.414 e. The number of halogens is 1. The van der Waals surface area contributed by atoms with Crippen LogP contribution in [0.2, 0.25) is 18.1 Å². The lowest BCUT2D eigenvalue weighted by atomic mass is 9.63. The molecule has 0 aliphatic heterocycles. The molecule has 4 atom stereocenters. The Bertz CT molecular complexity index is 784. The van der Waals surface area contributed by atoms with Crippen molar-refractivity contribution in [2.24, 2.45) is 17.3 Å². The molecule has 0 aromatic carbocycles. The summed E-state index contributed by atoms with van der Waals surface area (Å²) in [5, 5.41) is -0.985. The summed E-state index contributed by atoms with van der Waals surface area (Å²) in [5.41, 5.74) is 1.45. The standard InChI is InChI=1S/C25H45FO3SSi/c1-9-31(10-2,11-3)29-22-13-12-18-25(8)20(15-16-21(22)25)19(4)14-17-23(26)30(27,28)24(5,6)7/h15,17,19,21-22H,9-14,16,18H2,1-8H3/b23-17-/t19-,21+,22+,25-/m1/s1. The van der Waals surface area contributed by atoms with Gasteiger partial charge >= 0.3 is 0 Å². The molecule has 31 heavy (non-hydrogen) atoms. The number of fused-ring (bicyclic) bond motifs is 1. The van der Waals surface area contributed by atoms with Crippen LogP contribution in [-0.2, 0) is 14.3 Å². The zero-order valence-electron chi connectivity index (χ0n) is 21.1. The van der Waals surface area contributed by atoms with E-state index in [-0.39, 0.29) is 11.3 Å². The molecular formula is C25H45FO3SSi. The average molecular weight is 473 g/mol. The van der Waals surface area contributed by atoms with Gasteiger partial charge in [-0.15, -0.1) is 0 Å². The zero-order chi connectivity index (χ0) is 23.7. The summed E-state index contributed by atoms with van der Waals surface area (Å²) in [6.45, 7) is 16.0. The van der Waals surface area contributed by atoms with Crippen molar-refractivity contribution in [1.82, 2.24) is 0 Å². The molecule has 3 nitrogen and oxygen atoms in total. The molecule has 180 valence electrons. The van der Waals surface area contributed by atoms with Crippen LogP contribution in [-0.4, -0.2) is 27.6 Å². The molecule has 0 radical (unpaired) electrons. The second kappa shape index (κ2) is 9.80. The van der Waals surface area contributed by atoms with Gasteiger partial charge in [-0.25, -0.2) is 8.42 Å². The first kappa shape index (κ1) is 26.8. The van der Waals surface area contributed by atoms with E-state index in [0.29, 0.717) is 18.4 Å². The minimum absolute atomic E-state index is 0.0743. The van der Waals surface area contributed by atoms with Crippen LogP contribution < -0.4 is 0 Å². The molecule has 1 saturated carbocycles. The van der Waals surface area contributed by atoms with Gasteiger partial charge in [-0.05, 0) is 87.9 Å². The molecule has 0 aromatic heterocycles. The van der Waals surface area contributed by atoms with E-state index in [9.17, 15) is 12.8 Å². The Morgan fingerprint density at radius 2 is 1.87 bits per heavy atom. The van der Waals surface area contributed by atoms with Crippen LogP contribution in [0.1, 0.15) is 87.5 Å². The highest BCUT2D eigenvalue weighted by molar-refractivity contribution is 7.96. The van der Waals surface area contributed by atoms with E-state index in [1.54, 1.807) is 20.8 Å². The van der Waals surface area contributed by atoms with Crippen molar-refractivity contribution in [1.29, 1.82) is 0 Å². The Balaban J connectivity index is 2.17. The van der Waals surface area contributed by atoms with Crippen molar-refractivity contribution < 1.29 is 17.2 Å². The van der Waals surface area contributed by atoms with E-state index in [1.807, 2.05) is 0 Å². The zero-order valence-corrected chi connectivity index (χ0v) is 22.9. The summed E-state index contributed by atoms with van der Waals surface area (Å²) in [6, 6.07) is 3.51. The summed E-state index contributed by atoms with van der Waals surface area (Å²) in [5.74, 6) is 0.613. The summed E-state index contributed by atoms with van der Waals surface area (Å²) in [6.07, 6.45) is 8.85. The first-order chi connectivity index (χ1) is 14.3. The molecular weight excluding hydrogens is 427 g/mol. The molecule has 0 unspecified atom stereocenters. The summed E-state index contributed by atoms with van der Waals surface area (Å²) in [4.78, 5) is 0. The SMILES string of the molecule is CC[Si](CC)(CC)O[C@H]1CCC[C@]2(C)C([C@H](C)C/C=C(/F)S(=O)(=O)C(C)(C)C)=CC[C@@H]12. The molecule has 0 aromatic rings. The molecule has 0 saturated heterocycles. The van der Waals surface area contributed by atoms with Crippen LogP contribution in [0.15, 0.2) is 22.9 Å². The van der Waals surface area contributed by atoms with Crippen molar-refractivity contribution in [2.75, 3.05) is 0 Å². The van der Waals surface area contributed by atoms with Gasteiger partial charge in [-0.3, -0.25) is 0 Å². The van der Waals surface area contributed by atoms with E-state index in [1.165, 1.54) is 29.8 Å². The van der Waals surface area contributed by atoms with E-state index < -0.39 is 28.1 Å². The van der Waals surface area contributed by atoms with Crippen LogP contribution in [0.3, 0.4) is 0 Å². The van der Waals surface area contributed by atoms with Crippen LogP contribution in [0.4, 0.5) is 4.39 Å². The summed E-state index contributed by atoms with van der Waals surface area (Å²) < 4.78 is 45.1. The fourth-order valence-electron chi connectivity index (χ4n) is 5.75. The fraction of sp³-hybridized carbons (Fsp3) is 0.840. The third-order valence-electron chi connectivity index (χ3n) is 8.26. The van der Waals surface area contributed by atoms with Crippen molar-refractivity contribution in [3.05, 3.63) is 22.9 Å². The minimum atomic E-state index is -3.91. The van der Waals surface area contributed by atoms with Gasteiger partial charge in [0, 0.05) is 6.10 Å². The van der Waals surface area contributed by atoms with Gasteiger partial charge < -0.3 is 4.43 Å². The Kier molecular flexibility index (Phi) is 8.47. The second-order valence-electron chi connectivity index (χ2n) is 11.0. The van der Waals surface area contributed by atoms with Gasteiger partial charge in [0.25, 0.3) is 0 Å². The molecule has 0 amide bonds. The first-order valence-corrected chi connectivity index (χ1v) is 16.3. The average Bonchev–Trinajstić information content (AvgIpc) is 3.07. The quantitative estimate of drug-likeness (QED) is 0.257. The van der Waals surface area contributed by atoms with E-state index in [0.717, 1.165) is 25.7 Å². The Labute approximate surface area is 192 Å². The van der Waals surface area contributed by atoms with Crippen LogP contribution in [0, 0.1) is 17.3 Å². The lowest BCUT2D eigenvalue weighted by Gasteiger charge is -2.47. The number of hydrogen-bond donors (Lipinski definition) is 0. The molecule has 2 aliphatic rings. The highest BCUT2D eigenvalue weighted by Crippen LogP contribution is 2.56. The maximum Gasteiger partial charge on any atom is 0.211 e. The number of sulfone groups is 1. The van der Waals surface area contributed by atoms with Crippen molar-refractivity contribution in [2.45, 2.75) is 116 Å². The van der Waals surface area contributed by atoms with E-state index >= 15 is 0 Å².